The molecule has 1 aromatic carbocycles. The van der Waals surface area contributed by atoms with Crippen molar-refractivity contribution in [2.24, 2.45) is 23.2 Å². The number of para-hydroxylation sites is 1. The maximum Gasteiger partial charge on any atom is 0.280 e. The lowest BCUT2D eigenvalue weighted by molar-refractivity contribution is -0.123. The molecular weight excluding hydrogens is 338 g/mol. The highest BCUT2D eigenvalue weighted by molar-refractivity contribution is 5.85. The van der Waals surface area contributed by atoms with E-state index in [1.54, 1.807) is 6.07 Å². The van der Waals surface area contributed by atoms with Gasteiger partial charge in [-0.15, -0.1) is 0 Å². The van der Waals surface area contributed by atoms with Crippen LogP contribution in [0.2, 0.25) is 0 Å². The van der Waals surface area contributed by atoms with Gasteiger partial charge in [0.05, 0.1) is 10.9 Å². The Balaban J connectivity index is 1.54. The Bertz CT molecular complexity index is 930. The number of aromatic nitrogens is 2. The fourth-order valence-electron chi connectivity index (χ4n) is 5.07. The molecule has 0 saturated heterocycles. The van der Waals surface area contributed by atoms with E-state index in [4.69, 9.17) is 0 Å². The van der Waals surface area contributed by atoms with Crippen molar-refractivity contribution in [1.29, 1.82) is 0 Å². The summed E-state index contributed by atoms with van der Waals surface area (Å²) < 4.78 is 1.36. The number of hydrogen-bond donors (Lipinski definition) is 1. The van der Waals surface area contributed by atoms with Crippen LogP contribution in [0.3, 0.4) is 0 Å². The van der Waals surface area contributed by atoms with Gasteiger partial charge in [-0.3, -0.25) is 15.0 Å². The highest BCUT2D eigenvalue weighted by atomic mass is 16.2. The molecule has 1 heterocycles. The van der Waals surface area contributed by atoms with Crippen molar-refractivity contribution in [2.45, 2.75) is 59.3 Å². The number of carbonyl (C=O) groups excluding carboxylic acids is 1. The predicted molar refractivity (Wildman–Crippen MR) is 107 cm³/mol. The standard InChI is InChI=1S/C22H29N3O2/c1-13(2)20-23-18-8-6-5-7-17(18)21(27)25(20)24-19(26)11-14-9-15-12-16(10-14)22(15,3)4/h5-8,13-16H,9-12H2,1-4H3,(H,24,26). The van der Waals surface area contributed by atoms with Crippen LogP contribution in [-0.4, -0.2) is 15.6 Å². The lowest BCUT2D eigenvalue weighted by Crippen LogP contribution is -2.51. The second-order valence-corrected chi connectivity index (χ2v) is 9.31. The van der Waals surface area contributed by atoms with Crippen LogP contribution in [-0.2, 0) is 4.79 Å². The Labute approximate surface area is 160 Å². The van der Waals surface area contributed by atoms with Crippen LogP contribution in [0.15, 0.2) is 29.1 Å². The molecule has 3 aliphatic rings. The van der Waals surface area contributed by atoms with E-state index >= 15 is 0 Å². The van der Waals surface area contributed by atoms with Crippen molar-refractivity contribution in [3.63, 3.8) is 0 Å². The summed E-state index contributed by atoms with van der Waals surface area (Å²) in [7, 11) is 0. The minimum atomic E-state index is -0.203. The van der Waals surface area contributed by atoms with Gasteiger partial charge in [0, 0.05) is 12.3 Å². The van der Waals surface area contributed by atoms with E-state index in [-0.39, 0.29) is 17.4 Å². The monoisotopic (exact) mass is 367 g/mol. The van der Waals surface area contributed by atoms with Crippen LogP contribution in [0.1, 0.15) is 65.1 Å². The lowest BCUT2D eigenvalue weighted by atomic mass is 9.46. The van der Waals surface area contributed by atoms with E-state index in [1.165, 1.54) is 11.1 Å². The zero-order valence-electron chi connectivity index (χ0n) is 16.7. The molecule has 2 aromatic rings. The molecule has 2 atom stereocenters. The first kappa shape index (κ1) is 18.2. The molecule has 144 valence electrons. The molecule has 2 bridgehead atoms. The van der Waals surface area contributed by atoms with Crippen LogP contribution in [0.25, 0.3) is 10.9 Å². The number of rotatable bonds is 4. The van der Waals surface area contributed by atoms with Gasteiger partial charge in [0.2, 0.25) is 5.91 Å². The molecule has 1 N–H and O–H groups in total. The molecule has 3 aliphatic carbocycles. The van der Waals surface area contributed by atoms with Crippen molar-refractivity contribution in [3.05, 3.63) is 40.4 Å². The number of hydrogen-bond acceptors (Lipinski definition) is 3. The Hall–Kier alpha value is -2.17. The molecule has 1 amide bonds. The van der Waals surface area contributed by atoms with E-state index in [0.29, 0.717) is 34.5 Å². The summed E-state index contributed by atoms with van der Waals surface area (Å²) in [6.45, 7) is 8.68. The number of carbonyl (C=O) groups is 1. The smallest absolute Gasteiger partial charge is 0.273 e. The molecule has 5 heteroatoms. The summed E-state index contributed by atoms with van der Waals surface area (Å²) in [5.41, 5.74) is 3.76. The van der Waals surface area contributed by atoms with Crippen LogP contribution in [0, 0.1) is 23.2 Å². The maximum atomic E-state index is 12.9. The van der Waals surface area contributed by atoms with Crippen LogP contribution in [0.5, 0.6) is 0 Å². The first-order chi connectivity index (χ1) is 12.8. The minimum absolute atomic E-state index is 0.0331. The summed E-state index contributed by atoms with van der Waals surface area (Å²) >= 11 is 0. The number of nitrogens with one attached hydrogen (secondary N) is 1. The van der Waals surface area contributed by atoms with Gasteiger partial charge >= 0.3 is 0 Å². The average Bonchev–Trinajstić information content (AvgIpc) is 2.63. The van der Waals surface area contributed by atoms with Gasteiger partial charge in [-0.05, 0) is 54.6 Å². The van der Waals surface area contributed by atoms with Crippen LogP contribution in [0.4, 0.5) is 0 Å². The van der Waals surface area contributed by atoms with Gasteiger partial charge in [-0.2, -0.15) is 0 Å². The lowest BCUT2D eigenvalue weighted by Gasteiger charge is -2.59. The van der Waals surface area contributed by atoms with Crippen molar-refractivity contribution >= 4 is 16.8 Å². The van der Waals surface area contributed by atoms with Gasteiger partial charge in [0.15, 0.2) is 0 Å². The minimum Gasteiger partial charge on any atom is -0.273 e. The first-order valence-corrected chi connectivity index (χ1v) is 10.1. The normalized spacial score (nSPS) is 26.0. The first-order valence-electron chi connectivity index (χ1n) is 10.1. The van der Waals surface area contributed by atoms with Gasteiger partial charge in [-0.1, -0.05) is 39.8 Å². The second-order valence-electron chi connectivity index (χ2n) is 9.31. The largest absolute Gasteiger partial charge is 0.280 e. The van der Waals surface area contributed by atoms with Crippen LogP contribution < -0.4 is 11.0 Å². The summed E-state index contributed by atoms with van der Waals surface area (Å²) in [6, 6.07) is 7.29. The van der Waals surface area contributed by atoms with Crippen molar-refractivity contribution in [1.82, 2.24) is 9.66 Å². The summed E-state index contributed by atoms with van der Waals surface area (Å²) in [6.07, 6.45) is 4.05. The predicted octanol–water partition coefficient (Wildman–Crippen LogP) is 4.05. The van der Waals surface area contributed by atoms with Gasteiger partial charge in [0.25, 0.3) is 5.56 Å². The van der Waals surface area contributed by atoms with E-state index in [1.807, 2.05) is 32.0 Å². The molecule has 5 nitrogen and oxygen atoms in total. The molecule has 0 spiro atoms. The number of benzene rings is 1. The molecule has 0 radical (unpaired) electrons. The van der Waals surface area contributed by atoms with E-state index < -0.39 is 0 Å². The topological polar surface area (TPSA) is 64.0 Å². The number of fused-ring (bicyclic) bond motifs is 3. The quantitative estimate of drug-likeness (QED) is 0.886. The van der Waals surface area contributed by atoms with Gasteiger partial charge < -0.3 is 0 Å². The third-order valence-corrected chi connectivity index (χ3v) is 6.94. The molecule has 1 aromatic heterocycles. The second kappa shape index (κ2) is 6.47. The third-order valence-electron chi connectivity index (χ3n) is 6.94. The van der Waals surface area contributed by atoms with E-state index in [2.05, 4.69) is 24.3 Å². The van der Waals surface area contributed by atoms with Crippen molar-refractivity contribution in [2.75, 3.05) is 5.43 Å². The molecule has 27 heavy (non-hydrogen) atoms. The molecular formula is C22H29N3O2. The fourth-order valence-corrected chi connectivity index (χ4v) is 5.07. The average molecular weight is 367 g/mol. The Morgan fingerprint density at radius 2 is 1.89 bits per heavy atom. The zero-order chi connectivity index (χ0) is 19.3. The molecule has 2 unspecified atom stereocenters. The van der Waals surface area contributed by atoms with Crippen molar-refractivity contribution in [3.8, 4) is 0 Å². The Kier molecular flexibility index (Phi) is 4.36. The highest BCUT2D eigenvalue weighted by Gasteiger charge is 2.52. The zero-order valence-corrected chi connectivity index (χ0v) is 16.7. The summed E-state index contributed by atoms with van der Waals surface area (Å²) in [4.78, 5) is 30.3. The summed E-state index contributed by atoms with van der Waals surface area (Å²) in [5, 5.41) is 0.530. The third kappa shape index (κ3) is 3.07. The maximum absolute atomic E-state index is 12.9. The van der Waals surface area contributed by atoms with E-state index in [9.17, 15) is 9.59 Å². The van der Waals surface area contributed by atoms with Crippen molar-refractivity contribution < 1.29 is 4.79 Å². The Morgan fingerprint density at radius 3 is 2.52 bits per heavy atom. The van der Waals surface area contributed by atoms with Gasteiger partial charge in [-0.25, -0.2) is 9.66 Å². The molecule has 5 rings (SSSR count). The number of nitrogens with zero attached hydrogens (tertiary/aromatic N) is 2. The highest BCUT2D eigenvalue weighted by Crippen LogP contribution is 2.61. The summed E-state index contributed by atoms with van der Waals surface area (Å²) in [5.74, 6) is 2.45. The molecule has 0 aliphatic heterocycles. The van der Waals surface area contributed by atoms with E-state index in [0.717, 1.165) is 24.7 Å². The molecule has 3 fully saturated rings. The van der Waals surface area contributed by atoms with Gasteiger partial charge in [0.1, 0.15) is 5.82 Å². The SMILES string of the molecule is CC(C)c1nc2ccccc2c(=O)n1NC(=O)CC1CC2CC(C1)C2(C)C. The molecule has 3 saturated carbocycles. The van der Waals surface area contributed by atoms with Crippen LogP contribution >= 0.6 is 0 Å². The fraction of sp³-hybridized carbons (Fsp3) is 0.591. The number of amides is 1. The Morgan fingerprint density at radius 1 is 1.22 bits per heavy atom.